The van der Waals surface area contributed by atoms with Crippen LogP contribution < -0.4 is 5.32 Å². The second kappa shape index (κ2) is 7.44. The fraction of sp³-hybridized carbons (Fsp3) is 0.118. The number of anilines is 2. The van der Waals surface area contributed by atoms with Crippen LogP contribution in [0.15, 0.2) is 47.3 Å². The smallest absolute Gasteiger partial charge is 0.324 e. The van der Waals surface area contributed by atoms with Crippen LogP contribution in [0.5, 0.6) is 0 Å². The molecule has 31 heavy (non-hydrogen) atoms. The van der Waals surface area contributed by atoms with Gasteiger partial charge < -0.3 is 5.32 Å². The highest BCUT2D eigenvalue weighted by Crippen LogP contribution is 2.32. The van der Waals surface area contributed by atoms with Crippen LogP contribution in [0.3, 0.4) is 0 Å². The highest BCUT2D eigenvalue weighted by Gasteiger charge is 2.34. The number of rotatable bonds is 3. The minimum atomic E-state index is -4.65. The minimum absolute atomic E-state index is 0.283. The van der Waals surface area contributed by atoms with Crippen LogP contribution in [0.2, 0.25) is 0 Å². The normalized spacial score (nSPS) is 12.4. The van der Waals surface area contributed by atoms with Crippen molar-refractivity contribution in [3.8, 4) is 5.95 Å². The molecular formula is C17H8BrF6N7. The Balaban J connectivity index is 1.71. The molecule has 4 rings (SSSR count). The van der Waals surface area contributed by atoms with Gasteiger partial charge in [0.2, 0.25) is 5.95 Å². The third-order valence-corrected chi connectivity index (χ3v) is 4.55. The molecule has 1 aromatic carbocycles. The molecule has 3 aromatic heterocycles. The van der Waals surface area contributed by atoms with Crippen LogP contribution in [0, 0.1) is 0 Å². The van der Waals surface area contributed by atoms with Gasteiger partial charge in [0, 0.05) is 27.9 Å². The molecule has 0 aliphatic rings. The minimum Gasteiger partial charge on any atom is -0.324 e. The van der Waals surface area contributed by atoms with Crippen molar-refractivity contribution in [2.45, 2.75) is 12.4 Å². The number of nitrogens with one attached hydrogen (secondary N) is 1. The first-order valence-corrected chi connectivity index (χ1v) is 9.07. The summed E-state index contributed by atoms with van der Waals surface area (Å²) in [5.41, 5.74) is -1.56. The van der Waals surface area contributed by atoms with Gasteiger partial charge in [-0.1, -0.05) is 0 Å². The molecule has 14 heteroatoms. The molecule has 0 aliphatic heterocycles. The Kier molecular flexibility index (Phi) is 5.03. The van der Waals surface area contributed by atoms with Crippen molar-refractivity contribution in [1.82, 2.24) is 29.7 Å². The van der Waals surface area contributed by atoms with E-state index in [2.05, 4.69) is 46.3 Å². The van der Waals surface area contributed by atoms with Crippen molar-refractivity contribution in [3.05, 3.63) is 58.7 Å². The molecule has 160 valence electrons. The number of nitrogens with zero attached hydrogens (tertiary/aromatic N) is 6. The SMILES string of the molecule is FC(F)(F)c1ccnc(Nc2cc(Br)c3c(cnn3-c3nccc(C(F)(F)F)n3)c2)n1. The molecule has 0 spiro atoms. The molecule has 0 unspecified atom stereocenters. The molecule has 0 saturated carbocycles. The first-order valence-electron chi connectivity index (χ1n) is 8.27. The van der Waals surface area contributed by atoms with E-state index >= 15 is 0 Å². The Labute approximate surface area is 177 Å². The number of hydrogen-bond acceptors (Lipinski definition) is 6. The van der Waals surface area contributed by atoms with Gasteiger partial charge in [-0.2, -0.15) is 36.1 Å². The van der Waals surface area contributed by atoms with Crippen molar-refractivity contribution < 1.29 is 26.3 Å². The highest BCUT2D eigenvalue weighted by atomic mass is 79.9. The zero-order chi connectivity index (χ0) is 22.4. The monoisotopic (exact) mass is 503 g/mol. The number of fused-ring (bicyclic) bond motifs is 1. The summed E-state index contributed by atoms with van der Waals surface area (Å²) >= 11 is 3.29. The fourth-order valence-electron chi connectivity index (χ4n) is 2.66. The maximum absolute atomic E-state index is 12.9. The van der Waals surface area contributed by atoms with Gasteiger partial charge in [0.15, 0.2) is 0 Å². The number of benzene rings is 1. The first kappa shape index (κ1) is 21.0. The lowest BCUT2D eigenvalue weighted by molar-refractivity contribution is -0.142. The zero-order valence-electron chi connectivity index (χ0n) is 14.9. The van der Waals surface area contributed by atoms with Crippen LogP contribution in [0.25, 0.3) is 16.9 Å². The Morgan fingerprint density at radius 1 is 0.871 bits per heavy atom. The molecular weight excluding hydrogens is 496 g/mol. The summed E-state index contributed by atoms with van der Waals surface area (Å²) in [5.74, 6) is -0.581. The van der Waals surface area contributed by atoms with Gasteiger partial charge in [-0.05, 0) is 40.2 Å². The van der Waals surface area contributed by atoms with Gasteiger partial charge in [-0.15, -0.1) is 0 Å². The summed E-state index contributed by atoms with van der Waals surface area (Å²) in [7, 11) is 0. The number of halogens is 7. The molecule has 0 fully saturated rings. The summed E-state index contributed by atoms with van der Waals surface area (Å²) < 4.78 is 78.8. The largest absolute Gasteiger partial charge is 0.433 e. The number of alkyl halides is 6. The predicted octanol–water partition coefficient (Wildman–Crippen LogP) is 5.15. The summed E-state index contributed by atoms with van der Waals surface area (Å²) in [6.45, 7) is 0. The quantitative estimate of drug-likeness (QED) is 0.389. The van der Waals surface area contributed by atoms with E-state index in [-0.39, 0.29) is 11.9 Å². The third kappa shape index (κ3) is 4.28. The average Bonchev–Trinajstić information content (AvgIpc) is 3.11. The average molecular weight is 504 g/mol. The van der Waals surface area contributed by atoms with E-state index in [0.717, 1.165) is 29.2 Å². The molecule has 7 nitrogen and oxygen atoms in total. The van der Waals surface area contributed by atoms with Gasteiger partial charge >= 0.3 is 12.4 Å². The summed E-state index contributed by atoms with van der Waals surface area (Å²) in [6.07, 6.45) is -6.00. The van der Waals surface area contributed by atoms with Crippen molar-refractivity contribution >= 4 is 38.5 Å². The lowest BCUT2D eigenvalue weighted by atomic mass is 10.2. The first-order chi connectivity index (χ1) is 14.5. The van der Waals surface area contributed by atoms with Crippen LogP contribution in [-0.4, -0.2) is 29.7 Å². The van der Waals surface area contributed by atoms with E-state index in [1.54, 1.807) is 0 Å². The molecule has 0 aliphatic carbocycles. The van der Waals surface area contributed by atoms with Gasteiger partial charge in [0.1, 0.15) is 11.4 Å². The molecule has 3 heterocycles. The van der Waals surface area contributed by atoms with Crippen LogP contribution in [0.1, 0.15) is 11.4 Å². The van der Waals surface area contributed by atoms with E-state index in [9.17, 15) is 26.3 Å². The number of hydrogen-bond donors (Lipinski definition) is 1. The Morgan fingerprint density at radius 2 is 1.52 bits per heavy atom. The van der Waals surface area contributed by atoms with Crippen LogP contribution in [-0.2, 0) is 12.4 Å². The van der Waals surface area contributed by atoms with E-state index in [1.807, 2.05) is 0 Å². The second-order valence-corrected chi connectivity index (χ2v) is 6.93. The molecule has 1 N–H and O–H groups in total. The Bertz CT molecular complexity index is 1270. The van der Waals surface area contributed by atoms with E-state index in [4.69, 9.17) is 0 Å². The maximum atomic E-state index is 12.9. The van der Waals surface area contributed by atoms with Crippen molar-refractivity contribution in [3.63, 3.8) is 0 Å². The summed E-state index contributed by atoms with van der Waals surface area (Å²) in [5, 5.41) is 7.14. The van der Waals surface area contributed by atoms with E-state index < -0.39 is 23.7 Å². The zero-order valence-corrected chi connectivity index (χ0v) is 16.5. The Morgan fingerprint density at radius 3 is 2.19 bits per heavy atom. The van der Waals surface area contributed by atoms with Crippen molar-refractivity contribution in [1.29, 1.82) is 0 Å². The van der Waals surface area contributed by atoms with E-state index in [0.29, 0.717) is 21.1 Å². The predicted molar refractivity (Wildman–Crippen MR) is 99.7 cm³/mol. The van der Waals surface area contributed by atoms with Gasteiger partial charge in [-0.25, -0.2) is 19.9 Å². The molecule has 0 bridgehead atoms. The van der Waals surface area contributed by atoms with Gasteiger partial charge in [0.25, 0.3) is 5.95 Å². The number of aromatic nitrogens is 6. The fourth-order valence-corrected chi connectivity index (χ4v) is 3.30. The topological polar surface area (TPSA) is 81.4 Å². The van der Waals surface area contributed by atoms with Gasteiger partial charge in [-0.3, -0.25) is 0 Å². The highest BCUT2D eigenvalue weighted by molar-refractivity contribution is 9.10. The molecule has 0 saturated heterocycles. The molecule has 0 amide bonds. The molecule has 0 atom stereocenters. The van der Waals surface area contributed by atoms with Crippen molar-refractivity contribution in [2.75, 3.05) is 5.32 Å². The maximum Gasteiger partial charge on any atom is 0.433 e. The Hall–Kier alpha value is -3.29. The lowest BCUT2D eigenvalue weighted by Gasteiger charge is -2.10. The molecule has 4 aromatic rings. The third-order valence-electron chi connectivity index (χ3n) is 3.94. The molecule has 0 radical (unpaired) electrons. The van der Waals surface area contributed by atoms with Crippen LogP contribution in [0.4, 0.5) is 38.0 Å². The van der Waals surface area contributed by atoms with Gasteiger partial charge in [0.05, 0.1) is 11.7 Å². The van der Waals surface area contributed by atoms with Crippen molar-refractivity contribution in [2.24, 2.45) is 0 Å². The summed E-state index contributed by atoms with van der Waals surface area (Å²) in [4.78, 5) is 14.5. The van der Waals surface area contributed by atoms with Crippen LogP contribution >= 0.6 is 15.9 Å². The van der Waals surface area contributed by atoms with E-state index in [1.165, 1.54) is 18.3 Å². The standard InChI is InChI=1S/C17H8BrF6N7/c18-10-6-9(28-14-25-3-1-11(29-14)16(19,20)21)5-8-7-27-31(13(8)10)15-26-4-2-12(30-15)17(22,23)24/h1-7H,(H,25,28,29). The lowest BCUT2D eigenvalue weighted by Crippen LogP contribution is -2.12. The second-order valence-electron chi connectivity index (χ2n) is 6.08. The summed E-state index contributed by atoms with van der Waals surface area (Å²) in [6, 6.07) is 4.48.